The molecule has 0 saturated carbocycles. The first-order valence-electron chi connectivity index (χ1n) is 11.5. The van der Waals surface area contributed by atoms with E-state index in [0.717, 1.165) is 10.5 Å². The molecule has 0 radical (unpaired) electrons. The van der Waals surface area contributed by atoms with Crippen molar-refractivity contribution in [2.75, 3.05) is 20.5 Å². The molecule has 6 N–H and O–H groups in total. The molecule has 11 heteroatoms. The molecule has 2 aromatic rings. The Morgan fingerprint density at radius 1 is 1.08 bits per heavy atom. The fraction of sp³-hybridized carbons (Fsp3) is 0.346. The molecule has 0 aromatic heterocycles. The molecule has 0 unspecified atom stereocenters. The van der Waals surface area contributed by atoms with Gasteiger partial charge in [0, 0.05) is 23.3 Å². The summed E-state index contributed by atoms with van der Waals surface area (Å²) in [5.41, 5.74) is 6.61. The lowest BCUT2D eigenvalue weighted by molar-refractivity contribution is -0.125. The Morgan fingerprint density at radius 3 is 2.38 bits per heavy atom. The zero-order chi connectivity index (χ0) is 27.1. The highest BCUT2D eigenvalue weighted by Crippen LogP contribution is 2.26. The van der Waals surface area contributed by atoms with Gasteiger partial charge in [-0.25, -0.2) is 0 Å². The van der Waals surface area contributed by atoms with Crippen LogP contribution in [-0.2, 0) is 16.0 Å². The summed E-state index contributed by atoms with van der Waals surface area (Å²) in [4.78, 5) is 38.9. The van der Waals surface area contributed by atoms with Gasteiger partial charge in [0.05, 0.1) is 31.9 Å². The van der Waals surface area contributed by atoms with Crippen LogP contribution in [0, 0.1) is 0 Å². The Balaban J connectivity index is 1.75. The Labute approximate surface area is 219 Å². The van der Waals surface area contributed by atoms with Crippen LogP contribution in [0.1, 0.15) is 22.3 Å². The highest BCUT2D eigenvalue weighted by atomic mass is 32.2. The van der Waals surface area contributed by atoms with Gasteiger partial charge in [-0.3, -0.25) is 14.4 Å². The van der Waals surface area contributed by atoms with E-state index in [1.807, 2.05) is 6.26 Å². The molecule has 2 aromatic carbocycles. The number of rotatable bonds is 10. The van der Waals surface area contributed by atoms with Crippen LogP contribution < -0.4 is 25.8 Å². The van der Waals surface area contributed by atoms with E-state index in [1.165, 1.54) is 32.1 Å². The summed E-state index contributed by atoms with van der Waals surface area (Å²) in [5.74, 6) is -0.918. The SMILES string of the molecule is COc1ccc(C[C@H](NC(=O)C2=C[C@@H](NC(=O)c3ccc(SC)cc3OC)[C@@H](O)[C@H](O)C2)C(N)=O)cc1. The lowest BCUT2D eigenvalue weighted by atomic mass is 9.89. The van der Waals surface area contributed by atoms with Gasteiger partial charge in [0.1, 0.15) is 23.6 Å². The maximum Gasteiger partial charge on any atom is 0.255 e. The number of primary amides is 1. The van der Waals surface area contributed by atoms with Crippen LogP contribution in [0.3, 0.4) is 0 Å². The largest absolute Gasteiger partial charge is 0.497 e. The normalized spacial score (nSPS) is 19.8. The highest BCUT2D eigenvalue weighted by Gasteiger charge is 2.35. The van der Waals surface area contributed by atoms with Gasteiger partial charge in [-0.05, 0) is 42.2 Å². The lowest BCUT2D eigenvalue weighted by Gasteiger charge is -2.31. The Morgan fingerprint density at radius 2 is 1.78 bits per heavy atom. The fourth-order valence-corrected chi connectivity index (χ4v) is 4.38. The standard InChI is InChI=1S/C26H31N3O7S/c1-35-16-6-4-14(5-7-16)10-20(24(27)32)29-25(33)15-11-19(23(31)21(30)12-15)28-26(34)18-9-8-17(37-3)13-22(18)36-2/h4-9,11,13,19-21,23,30-31H,10,12H2,1-3H3,(H2,27,32)(H,28,34)(H,29,33)/t19-,20+,21-,23-/m1/s1. The molecule has 3 amide bonds. The first-order valence-corrected chi connectivity index (χ1v) is 12.7. The lowest BCUT2D eigenvalue weighted by Crippen LogP contribution is -2.52. The molecule has 3 rings (SSSR count). The molecule has 1 aliphatic rings. The van der Waals surface area contributed by atoms with Gasteiger partial charge in [0.2, 0.25) is 11.8 Å². The second-order valence-electron chi connectivity index (χ2n) is 8.50. The summed E-state index contributed by atoms with van der Waals surface area (Å²) in [6.07, 6.45) is 0.590. The van der Waals surface area contributed by atoms with E-state index in [4.69, 9.17) is 15.2 Å². The minimum absolute atomic E-state index is 0.105. The van der Waals surface area contributed by atoms with Crippen molar-refractivity contribution in [3.63, 3.8) is 0 Å². The molecule has 10 nitrogen and oxygen atoms in total. The number of benzene rings is 2. The van der Waals surface area contributed by atoms with Crippen LogP contribution in [0.25, 0.3) is 0 Å². The molecular weight excluding hydrogens is 498 g/mol. The van der Waals surface area contributed by atoms with Gasteiger partial charge >= 0.3 is 0 Å². The van der Waals surface area contributed by atoms with Crippen LogP contribution in [0.2, 0.25) is 0 Å². The van der Waals surface area contributed by atoms with Crippen molar-refractivity contribution in [2.45, 2.75) is 42.0 Å². The topological polar surface area (TPSA) is 160 Å². The maximum absolute atomic E-state index is 13.0. The number of thioether (sulfide) groups is 1. The van der Waals surface area contributed by atoms with Crippen molar-refractivity contribution in [1.82, 2.24) is 10.6 Å². The van der Waals surface area contributed by atoms with Gasteiger partial charge in [0.15, 0.2) is 0 Å². The van der Waals surface area contributed by atoms with E-state index in [1.54, 1.807) is 42.5 Å². The van der Waals surface area contributed by atoms with E-state index in [2.05, 4.69) is 10.6 Å². The number of carbonyl (C=O) groups excluding carboxylic acids is 3. The van der Waals surface area contributed by atoms with Crippen LogP contribution in [0.15, 0.2) is 59.0 Å². The van der Waals surface area contributed by atoms with Crippen molar-refractivity contribution in [3.8, 4) is 11.5 Å². The van der Waals surface area contributed by atoms with E-state index in [-0.39, 0.29) is 24.0 Å². The minimum atomic E-state index is -1.34. The number of hydrogen-bond acceptors (Lipinski definition) is 8. The molecule has 0 fully saturated rings. The van der Waals surface area contributed by atoms with Gasteiger partial charge < -0.3 is 36.1 Å². The van der Waals surface area contributed by atoms with Gasteiger partial charge in [-0.15, -0.1) is 11.8 Å². The zero-order valence-electron chi connectivity index (χ0n) is 20.8. The Kier molecular flexibility index (Phi) is 9.56. The van der Waals surface area contributed by atoms with Crippen LogP contribution >= 0.6 is 11.8 Å². The average Bonchev–Trinajstić information content (AvgIpc) is 2.90. The van der Waals surface area contributed by atoms with Crippen molar-refractivity contribution in [1.29, 1.82) is 0 Å². The number of nitrogens with two attached hydrogens (primary N) is 1. The summed E-state index contributed by atoms with van der Waals surface area (Å²) >= 11 is 1.49. The van der Waals surface area contributed by atoms with Crippen molar-refractivity contribution >= 4 is 29.5 Å². The van der Waals surface area contributed by atoms with Crippen molar-refractivity contribution in [2.24, 2.45) is 5.73 Å². The number of ether oxygens (including phenoxy) is 2. The van der Waals surface area contributed by atoms with Crippen molar-refractivity contribution in [3.05, 3.63) is 65.2 Å². The number of methoxy groups -OCH3 is 2. The second-order valence-corrected chi connectivity index (χ2v) is 9.38. The van der Waals surface area contributed by atoms with Crippen LogP contribution in [0.5, 0.6) is 11.5 Å². The molecule has 1 aliphatic carbocycles. The highest BCUT2D eigenvalue weighted by molar-refractivity contribution is 7.98. The Bertz CT molecular complexity index is 1170. The van der Waals surface area contributed by atoms with Crippen molar-refractivity contribution < 1.29 is 34.1 Å². The predicted molar refractivity (Wildman–Crippen MR) is 139 cm³/mol. The molecule has 0 saturated heterocycles. The van der Waals surface area contributed by atoms with Crippen LogP contribution in [-0.4, -0.2) is 72.7 Å². The number of aliphatic hydroxyl groups is 2. The summed E-state index contributed by atoms with van der Waals surface area (Å²) in [6, 6.07) is 9.97. The molecule has 198 valence electrons. The van der Waals surface area contributed by atoms with E-state index >= 15 is 0 Å². The third-order valence-corrected chi connectivity index (χ3v) is 6.79. The first kappa shape index (κ1) is 28.0. The predicted octanol–water partition coefficient (Wildman–Crippen LogP) is 0.789. The summed E-state index contributed by atoms with van der Waals surface area (Å²) < 4.78 is 10.4. The molecule has 0 aliphatic heterocycles. The quantitative estimate of drug-likeness (QED) is 0.282. The number of amides is 3. The monoisotopic (exact) mass is 529 g/mol. The molecule has 0 heterocycles. The van der Waals surface area contributed by atoms with Gasteiger partial charge in [-0.1, -0.05) is 18.2 Å². The number of aliphatic hydroxyl groups excluding tert-OH is 2. The van der Waals surface area contributed by atoms with E-state index in [9.17, 15) is 24.6 Å². The fourth-order valence-electron chi connectivity index (χ4n) is 3.95. The zero-order valence-corrected chi connectivity index (χ0v) is 21.6. The van der Waals surface area contributed by atoms with Gasteiger partial charge in [-0.2, -0.15) is 0 Å². The third-order valence-electron chi connectivity index (χ3n) is 6.06. The smallest absolute Gasteiger partial charge is 0.255 e. The molecule has 4 atom stereocenters. The van der Waals surface area contributed by atoms with E-state index < -0.39 is 42.0 Å². The average molecular weight is 530 g/mol. The number of hydrogen-bond donors (Lipinski definition) is 5. The summed E-state index contributed by atoms with van der Waals surface area (Å²) in [6.45, 7) is 0. The summed E-state index contributed by atoms with van der Waals surface area (Å²) in [5, 5.41) is 26.1. The summed E-state index contributed by atoms with van der Waals surface area (Å²) in [7, 11) is 2.98. The molecule has 0 bridgehead atoms. The molecule has 37 heavy (non-hydrogen) atoms. The molecular formula is C26H31N3O7S. The third kappa shape index (κ3) is 7.03. The molecule has 0 spiro atoms. The van der Waals surface area contributed by atoms with Gasteiger partial charge in [0.25, 0.3) is 5.91 Å². The minimum Gasteiger partial charge on any atom is -0.497 e. The Hall–Kier alpha value is -3.54. The first-order chi connectivity index (χ1) is 17.7. The number of nitrogens with one attached hydrogen (secondary N) is 2. The van der Waals surface area contributed by atoms with Crippen LogP contribution in [0.4, 0.5) is 0 Å². The maximum atomic E-state index is 13.0. The second kappa shape index (κ2) is 12.6. The van der Waals surface area contributed by atoms with E-state index in [0.29, 0.717) is 11.5 Å². The number of carbonyl (C=O) groups is 3.